The van der Waals surface area contributed by atoms with Gasteiger partial charge in [0.1, 0.15) is 5.84 Å². The summed E-state index contributed by atoms with van der Waals surface area (Å²) in [6.07, 6.45) is 3.32. The molecule has 86 valence electrons. The van der Waals surface area contributed by atoms with Gasteiger partial charge >= 0.3 is 0 Å². The van der Waals surface area contributed by atoms with E-state index < -0.39 is 0 Å². The van der Waals surface area contributed by atoms with Crippen LogP contribution in [-0.2, 0) is 0 Å². The zero-order chi connectivity index (χ0) is 12.3. The number of aromatic nitrogens is 1. The standard InChI is InChI=1S/C12H10ClN3S/c13-8-2-1-3-9(6-8)17-11-7-16-5-4-10(11)12(14)15/h1-7H,(H3,14,15). The van der Waals surface area contributed by atoms with Gasteiger partial charge in [-0.1, -0.05) is 29.4 Å². The van der Waals surface area contributed by atoms with Crippen molar-refractivity contribution in [3.63, 3.8) is 0 Å². The number of nitrogens with two attached hydrogens (primary N) is 1. The van der Waals surface area contributed by atoms with E-state index in [1.54, 1.807) is 18.5 Å². The predicted molar refractivity (Wildman–Crippen MR) is 70.8 cm³/mol. The third kappa shape index (κ3) is 2.99. The third-order valence-electron chi connectivity index (χ3n) is 2.10. The molecule has 0 unspecified atom stereocenters. The van der Waals surface area contributed by atoms with Crippen LogP contribution in [0.2, 0.25) is 5.02 Å². The van der Waals surface area contributed by atoms with Crippen LogP contribution in [0, 0.1) is 5.41 Å². The molecule has 0 amide bonds. The highest BCUT2D eigenvalue weighted by atomic mass is 35.5. The van der Waals surface area contributed by atoms with Gasteiger partial charge in [0.2, 0.25) is 0 Å². The molecule has 3 nitrogen and oxygen atoms in total. The molecule has 0 bridgehead atoms. The van der Waals surface area contributed by atoms with Crippen LogP contribution in [0.4, 0.5) is 0 Å². The average Bonchev–Trinajstić information content (AvgIpc) is 2.29. The van der Waals surface area contributed by atoms with Gasteiger partial charge in [0, 0.05) is 32.8 Å². The molecule has 3 N–H and O–H groups in total. The number of amidine groups is 1. The van der Waals surface area contributed by atoms with Crippen molar-refractivity contribution in [3.05, 3.63) is 53.3 Å². The van der Waals surface area contributed by atoms with E-state index in [1.165, 1.54) is 11.8 Å². The lowest BCUT2D eigenvalue weighted by atomic mass is 10.2. The summed E-state index contributed by atoms with van der Waals surface area (Å²) in [7, 11) is 0. The fraction of sp³-hybridized carbons (Fsp3) is 0. The number of pyridine rings is 1. The molecule has 5 heteroatoms. The Kier molecular flexibility index (Phi) is 3.66. The molecule has 1 aromatic carbocycles. The van der Waals surface area contributed by atoms with Crippen molar-refractivity contribution in [1.82, 2.24) is 4.98 Å². The second-order valence-electron chi connectivity index (χ2n) is 3.34. The zero-order valence-corrected chi connectivity index (χ0v) is 10.4. The van der Waals surface area contributed by atoms with Gasteiger partial charge in [-0.05, 0) is 24.3 Å². The Morgan fingerprint density at radius 3 is 2.88 bits per heavy atom. The molecular weight excluding hydrogens is 254 g/mol. The van der Waals surface area contributed by atoms with Crippen molar-refractivity contribution < 1.29 is 0 Å². The first-order valence-corrected chi connectivity index (χ1v) is 6.08. The SMILES string of the molecule is N=C(N)c1ccncc1Sc1cccc(Cl)c1. The molecule has 0 radical (unpaired) electrons. The van der Waals surface area contributed by atoms with Crippen LogP contribution in [-0.4, -0.2) is 10.8 Å². The summed E-state index contributed by atoms with van der Waals surface area (Å²) >= 11 is 7.41. The number of hydrogen-bond donors (Lipinski definition) is 2. The normalized spacial score (nSPS) is 10.2. The molecule has 0 aliphatic heterocycles. The van der Waals surface area contributed by atoms with Crippen molar-refractivity contribution in [2.24, 2.45) is 5.73 Å². The summed E-state index contributed by atoms with van der Waals surface area (Å²) in [6.45, 7) is 0. The van der Waals surface area contributed by atoms with Crippen molar-refractivity contribution in [2.75, 3.05) is 0 Å². The van der Waals surface area contributed by atoms with Crippen molar-refractivity contribution >= 4 is 29.2 Å². The second kappa shape index (κ2) is 5.21. The molecule has 0 saturated heterocycles. The van der Waals surface area contributed by atoms with E-state index in [0.29, 0.717) is 10.6 Å². The Morgan fingerprint density at radius 2 is 2.18 bits per heavy atom. The zero-order valence-electron chi connectivity index (χ0n) is 8.85. The minimum atomic E-state index is 0.0388. The van der Waals surface area contributed by atoms with Gasteiger partial charge in [-0.25, -0.2) is 0 Å². The summed E-state index contributed by atoms with van der Waals surface area (Å²) in [5.74, 6) is 0.0388. The highest BCUT2D eigenvalue weighted by Gasteiger charge is 2.06. The lowest BCUT2D eigenvalue weighted by Crippen LogP contribution is -2.12. The Bertz CT molecular complexity index is 557. The third-order valence-corrected chi connectivity index (χ3v) is 3.37. The number of halogens is 1. The molecule has 0 aliphatic rings. The monoisotopic (exact) mass is 263 g/mol. The topological polar surface area (TPSA) is 62.8 Å². The number of hydrogen-bond acceptors (Lipinski definition) is 3. The first kappa shape index (κ1) is 12.0. The molecule has 0 saturated carbocycles. The molecule has 17 heavy (non-hydrogen) atoms. The van der Waals surface area contributed by atoms with Crippen LogP contribution in [0.3, 0.4) is 0 Å². The van der Waals surface area contributed by atoms with Gasteiger partial charge in [0.25, 0.3) is 0 Å². The van der Waals surface area contributed by atoms with Gasteiger partial charge in [-0.15, -0.1) is 0 Å². The minimum absolute atomic E-state index is 0.0388. The Balaban J connectivity index is 2.33. The molecule has 0 atom stereocenters. The number of benzene rings is 1. The smallest absolute Gasteiger partial charge is 0.124 e. The van der Waals surface area contributed by atoms with Gasteiger partial charge in [0.05, 0.1) is 0 Å². The predicted octanol–water partition coefficient (Wildman–Crippen LogP) is 3.17. The van der Waals surface area contributed by atoms with E-state index in [9.17, 15) is 0 Å². The van der Waals surface area contributed by atoms with Crippen molar-refractivity contribution in [1.29, 1.82) is 5.41 Å². The van der Waals surface area contributed by atoms with Crippen LogP contribution < -0.4 is 5.73 Å². The van der Waals surface area contributed by atoms with E-state index in [2.05, 4.69) is 4.98 Å². The minimum Gasteiger partial charge on any atom is -0.384 e. The van der Waals surface area contributed by atoms with Crippen LogP contribution in [0.15, 0.2) is 52.5 Å². The number of nitrogens with zero attached hydrogens (tertiary/aromatic N) is 1. The summed E-state index contributed by atoms with van der Waals surface area (Å²) in [5.41, 5.74) is 6.20. The molecule has 2 aromatic rings. The van der Waals surface area contributed by atoms with Gasteiger partial charge in [0.15, 0.2) is 0 Å². The van der Waals surface area contributed by atoms with E-state index in [-0.39, 0.29) is 5.84 Å². The number of nitrogens with one attached hydrogen (secondary N) is 1. The summed E-state index contributed by atoms with van der Waals surface area (Å²) in [5, 5.41) is 8.18. The fourth-order valence-corrected chi connectivity index (χ4v) is 2.58. The molecule has 1 aromatic heterocycles. The highest BCUT2D eigenvalue weighted by Crippen LogP contribution is 2.30. The molecule has 2 rings (SSSR count). The molecular formula is C12H10ClN3S. The maximum Gasteiger partial charge on any atom is 0.124 e. The summed E-state index contributed by atoms with van der Waals surface area (Å²) in [6, 6.07) is 9.25. The van der Waals surface area contributed by atoms with Gasteiger partial charge in [-0.3, -0.25) is 10.4 Å². The van der Waals surface area contributed by atoms with Crippen molar-refractivity contribution in [2.45, 2.75) is 9.79 Å². The largest absolute Gasteiger partial charge is 0.384 e. The van der Waals surface area contributed by atoms with Crippen molar-refractivity contribution in [3.8, 4) is 0 Å². The second-order valence-corrected chi connectivity index (χ2v) is 4.90. The average molecular weight is 264 g/mol. The Morgan fingerprint density at radius 1 is 1.35 bits per heavy atom. The van der Waals surface area contributed by atoms with Gasteiger partial charge in [-0.2, -0.15) is 0 Å². The van der Waals surface area contributed by atoms with Crippen LogP contribution >= 0.6 is 23.4 Å². The van der Waals surface area contributed by atoms with E-state index >= 15 is 0 Å². The lowest BCUT2D eigenvalue weighted by Gasteiger charge is -2.06. The van der Waals surface area contributed by atoms with E-state index in [0.717, 1.165) is 9.79 Å². The summed E-state index contributed by atoms with van der Waals surface area (Å²) < 4.78 is 0. The van der Waals surface area contributed by atoms with Crippen LogP contribution in [0.25, 0.3) is 0 Å². The molecule has 0 spiro atoms. The van der Waals surface area contributed by atoms with E-state index in [4.69, 9.17) is 22.7 Å². The van der Waals surface area contributed by atoms with E-state index in [1.807, 2.05) is 24.3 Å². The Labute approximate surface area is 109 Å². The Hall–Kier alpha value is -1.52. The van der Waals surface area contributed by atoms with Gasteiger partial charge < -0.3 is 5.73 Å². The molecule has 0 fully saturated rings. The maximum absolute atomic E-state index is 7.49. The highest BCUT2D eigenvalue weighted by molar-refractivity contribution is 7.99. The fourth-order valence-electron chi connectivity index (χ4n) is 1.34. The lowest BCUT2D eigenvalue weighted by molar-refractivity contribution is 1.21. The van der Waals surface area contributed by atoms with Crippen LogP contribution in [0.1, 0.15) is 5.56 Å². The first-order chi connectivity index (χ1) is 8.16. The quantitative estimate of drug-likeness (QED) is 0.660. The molecule has 0 aliphatic carbocycles. The summed E-state index contributed by atoms with van der Waals surface area (Å²) in [4.78, 5) is 5.88. The number of rotatable bonds is 3. The number of nitrogen functional groups attached to an aromatic ring is 1. The molecule has 1 heterocycles. The maximum atomic E-state index is 7.49. The van der Waals surface area contributed by atoms with Crippen LogP contribution in [0.5, 0.6) is 0 Å². The first-order valence-electron chi connectivity index (χ1n) is 4.88.